The number of hydrogen-bond donors (Lipinski definition) is 0. The zero-order chi connectivity index (χ0) is 21.0. The van der Waals surface area contributed by atoms with E-state index in [4.69, 9.17) is 39.5 Å². The van der Waals surface area contributed by atoms with Crippen molar-refractivity contribution in [3.05, 3.63) is 96.6 Å². The second-order valence-corrected chi connectivity index (χ2v) is 8.08. The van der Waals surface area contributed by atoms with Gasteiger partial charge < -0.3 is 4.74 Å². The Morgan fingerprint density at radius 3 is 2.45 bits per heavy atom. The molecule has 3 rings (SSSR count). The monoisotopic (exact) mass is 509 g/mol. The van der Waals surface area contributed by atoms with Crippen molar-refractivity contribution in [3.8, 4) is 11.8 Å². The average molecular weight is 512 g/mol. The van der Waals surface area contributed by atoms with Gasteiger partial charge in [-0.05, 0) is 63.5 Å². The molecule has 146 valence electrons. The summed E-state index contributed by atoms with van der Waals surface area (Å²) in [6.07, 6.45) is 1.57. The van der Waals surface area contributed by atoms with Crippen LogP contribution >= 0.6 is 50.7 Å². The summed E-state index contributed by atoms with van der Waals surface area (Å²) in [4.78, 5) is 0. The molecule has 0 fully saturated rings. The van der Waals surface area contributed by atoms with E-state index >= 15 is 0 Å². The molecule has 0 aromatic heterocycles. The molecule has 0 radical (unpaired) electrons. The topological polar surface area (TPSA) is 33.0 Å². The Morgan fingerprint density at radius 1 is 1.03 bits per heavy atom. The summed E-state index contributed by atoms with van der Waals surface area (Å²) < 4.78 is 20.4. The van der Waals surface area contributed by atoms with Gasteiger partial charge in [-0.1, -0.05) is 59.1 Å². The maximum Gasteiger partial charge on any atom is 0.152 e. The third-order valence-electron chi connectivity index (χ3n) is 3.98. The molecule has 0 amide bonds. The van der Waals surface area contributed by atoms with Crippen LogP contribution in [0.25, 0.3) is 11.6 Å². The first kappa shape index (κ1) is 21.7. The van der Waals surface area contributed by atoms with Crippen molar-refractivity contribution >= 4 is 62.4 Å². The van der Waals surface area contributed by atoms with Gasteiger partial charge >= 0.3 is 0 Å². The Kier molecular flexibility index (Phi) is 7.21. The molecule has 29 heavy (non-hydrogen) atoms. The first-order valence-corrected chi connectivity index (χ1v) is 10.2. The van der Waals surface area contributed by atoms with Crippen LogP contribution in [0.1, 0.15) is 16.7 Å². The summed E-state index contributed by atoms with van der Waals surface area (Å²) in [5, 5.41) is 10.7. The van der Waals surface area contributed by atoms with Gasteiger partial charge in [0.25, 0.3) is 0 Å². The van der Waals surface area contributed by atoms with E-state index in [0.29, 0.717) is 30.9 Å². The van der Waals surface area contributed by atoms with Crippen molar-refractivity contribution < 1.29 is 9.13 Å². The SMILES string of the molecule is N#C/C(=C/c1cc(Cl)c(OCc2ccc(Cl)c(Cl)c2)c(Br)c1)c1ccccc1F. The minimum atomic E-state index is -0.466. The van der Waals surface area contributed by atoms with Gasteiger partial charge in [-0.15, -0.1) is 0 Å². The number of nitrogens with zero attached hydrogens (tertiary/aromatic N) is 1. The van der Waals surface area contributed by atoms with Gasteiger partial charge in [0.15, 0.2) is 5.75 Å². The van der Waals surface area contributed by atoms with Crippen molar-refractivity contribution in [2.75, 3.05) is 0 Å². The molecule has 3 aromatic carbocycles. The highest BCUT2D eigenvalue weighted by molar-refractivity contribution is 9.10. The van der Waals surface area contributed by atoms with Crippen molar-refractivity contribution in [2.45, 2.75) is 6.61 Å². The lowest BCUT2D eigenvalue weighted by molar-refractivity contribution is 0.304. The highest BCUT2D eigenvalue weighted by atomic mass is 79.9. The number of hydrogen-bond acceptors (Lipinski definition) is 2. The molecule has 3 aromatic rings. The predicted molar refractivity (Wildman–Crippen MR) is 120 cm³/mol. The predicted octanol–water partition coefficient (Wildman–Crippen LogP) is 8.19. The lowest BCUT2D eigenvalue weighted by Crippen LogP contribution is -1.97. The molecule has 0 saturated carbocycles. The van der Waals surface area contributed by atoms with E-state index < -0.39 is 5.82 Å². The number of halogens is 5. The smallest absolute Gasteiger partial charge is 0.152 e. The van der Waals surface area contributed by atoms with Crippen LogP contribution in [0.2, 0.25) is 15.1 Å². The van der Waals surface area contributed by atoms with Crippen LogP contribution in [0.15, 0.2) is 59.1 Å². The Balaban J connectivity index is 1.86. The molecule has 0 aliphatic heterocycles. The molecular formula is C22H12BrCl3FNO. The minimum Gasteiger partial charge on any atom is -0.486 e. The Morgan fingerprint density at radius 2 is 1.79 bits per heavy atom. The van der Waals surface area contributed by atoms with Crippen LogP contribution in [0.4, 0.5) is 4.39 Å². The van der Waals surface area contributed by atoms with Crippen LogP contribution in [0.3, 0.4) is 0 Å². The molecule has 0 unspecified atom stereocenters. The van der Waals surface area contributed by atoms with Gasteiger partial charge in [-0.3, -0.25) is 0 Å². The van der Waals surface area contributed by atoms with E-state index in [0.717, 1.165) is 5.56 Å². The molecule has 0 aliphatic carbocycles. The molecule has 7 heteroatoms. The fourth-order valence-electron chi connectivity index (χ4n) is 2.60. The van der Waals surface area contributed by atoms with E-state index in [1.54, 1.807) is 54.6 Å². The largest absolute Gasteiger partial charge is 0.486 e. The average Bonchev–Trinajstić information content (AvgIpc) is 2.69. The first-order chi connectivity index (χ1) is 13.9. The summed E-state index contributed by atoms with van der Waals surface area (Å²) in [5.41, 5.74) is 1.87. The second-order valence-electron chi connectivity index (χ2n) is 6.00. The van der Waals surface area contributed by atoms with Crippen LogP contribution in [-0.4, -0.2) is 0 Å². The highest BCUT2D eigenvalue weighted by Crippen LogP contribution is 2.36. The summed E-state index contributed by atoms with van der Waals surface area (Å²) in [6, 6.07) is 16.7. The van der Waals surface area contributed by atoms with E-state index in [2.05, 4.69) is 15.9 Å². The van der Waals surface area contributed by atoms with Crippen molar-refractivity contribution in [2.24, 2.45) is 0 Å². The minimum absolute atomic E-state index is 0.190. The van der Waals surface area contributed by atoms with Gasteiger partial charge in [0.2, 0.25) is 0 Å². The van der Waals surface area contributed by atoms with Gasteiger partial charge in [-0.2, -0.15) is 5.26 Å². The van der Waals surface area contributed by atoms with Crippen molar-refractivity contribution in [1.82, 2.24) is 0 Å². The summed E-state index contributed by atoms with van der Waals surface area (Å²) >= 11 is 21.8. The van der Waals surface area contributed by atoms with Gasteiger partial charge in [0.05, 0.1) is 31.2 Å². The molecule has 0 saturated heterocycles. The number of allylic oxidation sites excluding steroid dienone is 1. The highest BCUT2D eigenvalue weighted by Gasteiger charge is 2.12. The van der Waals surface area contributed by atoms with Crippen molar-refractivity contribution in [1.29, 1.82) is 5.26 Å². The lowest BCUT2D eigenvalue weighted by atomic mass is 10.0. The third kappa shape index (κ3) is 5.32. The zero-order valence-corrected chi connectivity index (χ0v) is 18.6. The maximum absolute atomic E-state index is 14.0. The van der Waals surface area contributed by atoms with Crippen LogP contribution in [0.5, 0.6) is 5.75 Å². The summed E-state index contributed by atoms with van der Waals surface area (Å²) in [5.74, 6) is -0.0219. The van der Waals surface area contributed by atoms with Crippen molar-refractivity contribution in [3.63, 3.8) is 0 Å². The molecular weight excluding hydrogens is 500 g/mol. The number of rotatable bonds is 5. The molecule has 0 atom stereocenters. The normalized spacial score (nSPS) is 11.2. The zero-order valence-electron chi connectivity index (χ0n) is 14.7. The molecule has 0 N–H and O–H groups in total. The fourth-order valence-corrected chi connectivity index (χ4v) is 3.91. The molecule has 0 spiro atoms. The van der Waals surface area contributed by atoms with Gasteiger partial charge in [0, 0.05) is 5.56 Å². The molecule has 0 aliphatic rings. The second kappa shape index (κ2) is 9.65. The standard InChI is InChI=1S/C22H12BrCl3FNO/c23-17-8-14(7-15(11-28)16-3-1-2-4-21(16)27)10-20(26)22(17)29-12-13-5-6-18(24)19(25)9-13/h1-10H,12H2/b15-7-. The number of benzene rings is 3. The van der Waals surface area contributed by atoms with E-state index in [9.17, 15) is 9.65 Å². The van der Waals surface area contributed by atoms with Gasteiger partial charge in [-0.25, -0.2) is 4.39 Å². The fraction of sp³-hybridized carbons (Fsp3) is 0.0455. The third-order valence-corrected chi connectivity index (χ3v) is 5.59. The van der Waals surface area contributed by atoms with Gasteiger partial charge in [0.1, 0.15) is 12.4 Å². The molecule has 0 heterocycles. The Hall–Kier alpha value is -2.03. The summed E-state index contributed by atoms with van der Waals surface area (Å²) in [7, 11) is 0. The van der Waals surface area contributed by atoms with E-state index in [1.165, 1.54) is 6.07 Å². The van der Waals surface area contributed by atoms with Crippen LogP contribution in [-0.2, 0) is 6.61 Å². The maximum atomic E-state index is 14.0. The molecule has 0 bridgehead atoms. The summed E-state index contributed by atoms with van der Waals surface area (Å²) in [6.45, 7) is 0.239. The lowest BCUT2D eigenvalue weighted by Gasteiger charge is -2.12. The molecule has 2 nitrogen and oxygen atoms in total. The van der Waals surface area contributed by atoms with Crippen LogP contribution < -0.4 is 4.74 Å². The van der Waals surface area contributed by atoms with E-state index in [1.807, 2.05) is 6.07 Å². The Labute approximate surface area is 191 Å². The Bertz CT molecular complexity index is 1120. The number of nitriles is 1. The van der Waals surface area contributed by atoms with Crippen LogP contribution in [0, 0.1) is 17.1 Å². The quantitative estimate of drug-likeness (QED) is 0.256. The number of ether oxygens (including phenoxy) is 1. The first-order valence-electron chi connectivity index (χ1n) is 8.31. The van der Waals surface area contributed by atoms with E-state index in [-0.39, 0.29) is 17.7 Å².